The molecular weight excluding hydrogens is 371 g/mol. The lowest BCUT2D eigenvalue weighted by molar-refractivity contribution is -0.140. The zero-order chi connectivity index (χ0) is 18.4. The Kier molecular flexibility index (Phi) is 6.77. The van der Waals surface area contributed by atoms with E-state index in [1.54, 1.807) is 11.3 Å². The van der Waals surface area contributed by atoms with Crippen LogP contribution in [0.1, 0.15) is 33.2 Å². The molecule has 0 radical (unpaired) electrons. The number of hydrogen-bond donors (Lipinski definition) is 2. The molecule has 25 heavy (non-hydrogen) atoms. The molecule has 0 aromatic carbocycles. The van der Waals surface area contributed by atoms with Crippen molar-refractivity contribution in [1.82, 2.24) is 20.6 Å². The molecule has 0 aliphatic rings. The molecule has 0 aliphatic carbocycles. The lowest BCUT2D eigenvalue weighted by Crippen LogP contribution is -2.38. The van der Waals surface area contributed by atoms with Crippen LogP contribution in [-0.2, 0) is 19.1 Å². The number of hydrogen-bond acceptors (Lipinski definition) is 5. The van der Waals surface area contributed by atoms with E-state index in [-0.39, 0.29) is 6.54 Å². The summed E-state index contributed by atoms with van der Waals surface area (Å²) in [5.74, 6) is 0.560. The van der Waals surface area contributed by atoms with Gasteiger partial charge >= 0.3 is 6.18 Å². The fourth-order valence-corrected chi connectivity index (χ4v) is 3.76. The van der Waals surface area contributed by atoms with Gasteiger partial charge in [0.1, 0.15) is 5.01 Å². The normalized spacial score (nSPS) is 12.5. The number of nitrogens with zero attached hydrogens (tertiary/aromatic N) is 3. The van der Waals surface area contributed by atoms with Gasteiger partial charge in [0, 0.05) is 29.8 Å². The molecule has 5 nitrogen and oxygen atoms in total. The highest BCUT2D eigenvalue weighted by atomic mass is 32.1. The van der Waals surface area contributed by atoms with Gasteiger partial charge in [-0.25, -0.2) is 15.0 Å². The second-order valence-electron chi connectivity index (χ2n) is 5.24. The van der Waals surface area contributed by atoms with E-state index in [9.17, 15) is 13.2 Å². The number of thiazole rings is 2. The average Bonchev–Trinajstić information content (AvgIpc) is 3.11. The predicted molar refractivity (Wildman–Crippen MR) is 95.2 cm³/mol. The van der Waals surface area contributed by atoms with Crippen molar-refractivity contribution < 1.29 is 13.2 Å². The zero-order valence-corrected chi connectivity index (χ0v) is 15.8. The molecule has 2 heterocycles. The summed E-state index contributed by atoms with van der Waals surface area (Å²) >= 11 is 2.63. The third-order valence-electron chi connectivity index (χ3n) is 3.20. The molecule has 2 N–H and O–H groups in total. The number of alkyl halides is 3. The SMILES string of the molecule is CCNC(=NCc1nc(C(F)(F)F)cs1)NCCc1sc(C)nc1C. The Balaban J connectivity index is 1.91. The standard InChI is InChI=1S/C15H20F3N5S2/c1-4-19-14(20-6-5-11-9(2)22-10(3)25-11)21-7-13-23-12(8-24-13)15(16,17)18/h8H,4-7H2,1-3H3,(H2,19,20,21). The topological polar surface area (TPSA) is 62.2 Å². The maximum atomic E-state index is 12.6. The van der Waals surface area contributed by atoms with E-state index in [4.69, 9.17) is 0 Å². The number of aromatic nitrogens is 2. The quantitative estimate of drug-likeness (QED) is 0.584. The van der Waals surface area contributed by atoms with Crippen molar-refractivity contribution in [3.8, 4) is 0 Å². The first kappa shape index (κ1) is 19.6. The Hall–Kier alpha value is -1.68. The number of aliphatic imine (C=N–C) groups is 1. The smallest absolute Gasteiger partial charge is 0.357 e. The molecule has 0 saturated carbocycles. The van der Waals surface area contributed by atoms with E-state index < -0.39 is 11.9 Å². The molecule has 138 valence electrons. The largest absolute Gasteiger partial charge is 0.434 e. The number of rotatable bonds is 6. The minimum atomic E-state index is -4.41. The van der Waals surface area contributed by atoms with Gasteiger partial charge in [-0.05, 0) is 20.8 Å². The van der Waals surface area contributed by atoms with Gasteiger partial charge in [0.25, 0.3) is 0 Å². The van der Waals surface area contributed by atoms with Crippen LogP contribution in [0.25, 0.3) is 0 Å². The number of halogens is 3. The maximum absolute atomic E-state index is 12.6. The van der Waals surface area contributed by atoms with E-state index in [1.165, 1.54) is 4.88 Å². The van der Waals surface area contributed by atoms with Crippen LogP contribution in [0.4, 0.5) is 13.2 Å². The van der Waals surface area contributed by atoms with Gasteiger partial charge in [-0.3, -0.25) is 0 Å². The van der Waals surface area contributed by atoms with E-state index in [2.05, 4.69) is 25.6 Å². The van der Waals surface area contributed by atoms with Crippen LogP contribution in [0.2, 0.25) is 0 Å². The lowest BCUT2D eigenvalue weighted by Gasteiger charge is -2.10. The van der Waals surface area contributed by atoms with Crippen LogP contribution in [0, 0.1) is 13.8 Å². The van der Waals surface area contributed by atoms with Crippen molar-refractivity contribution in [1.29, 1.82) is 0 Å². The summed E-state index contributed by atoms with van der Waals surface area (Å²) in [4.78, 5) is 13.5. The van der Waals surface area contributed by atoms with Crippen molar-refractivity contribution >= 4 is 28.6 Å². The van der Waals surface area contributed by atoms with Gasteiger partial charge < -0.3 is 10.6 Å². The molecule has 0 fully saturated rings. The highest BCUT2D eigenvalue weighted by molar-refractivity contribution is 7.11. The number of nitrogens with one attached hydrogen (secondary N) is 2. The van der Waals surface area contributed by atoms with E-state index in [1.807, 2.05) is 20.8 Å². The Morgan fingerprint density at radius 3 is 2.56 bits per heavy atom. The highest BCUT2D eigenvalue weighted by Gasteiger charge is 2.33. The van der Waals surface area contributed by atoms with E-state index >= 15 is 0 Å². The van der Waals surface area contributed by atoms with Gasteiger partial charge in [0.15, 0.2) is 11.7 Å². The number of aryl methyl sites for hydroxylation is 2. The summed E-state index contributed by atoms with van der Waals surface area (Å²) in [6.45, 7) is 7.33. The molecule has 0 spiro atoms. The Morgan fingerprint density at radius 2 is 2.00 bits per heavy atom. The third-order valence-corrected chi connectivity index (χ3v) is 5.17. The third kappa shape index (κ3) is 5.96. The lowest BCUT2D eigenvalue weighted by atomic mass is 10.3. The van der Waals surface area contributed by atoms with Crippen LogP contribution in [0.15, 0.2) is 10.4 Å². The van der Waals surface area contributed by atoms with Crippen LogP contribution in [0.5, 0.6) is 0 Å². The zero-order valence-electron chi connectivity index (χ0n) is 14.2. The second-order valence-corrected chi connectivity index (χ2v) is 7.47. The minimum Gasteiger partial charge on any atom is -0.357 e. The molecule has 0 amide bonds. The van der Waals surface area contributed by atoms with Crippen molar-refractivity contribution in [2.24, 2.45) is 4.99 Å². The van der Waals surface area contributed by atoms with Gasteiger partial charge in [-0.2, -0.15) is 13.2 Å². The summed E-state index contributed by atoms with van der Waals surface area (Å²) < 4.78 is 37.7. The summed E-state index contributed by atoms with van der Waals surface area (Å²) in [7, 11) is 0. The fraction of sp³-hybridized carbons (Fsp3) is 0.533. The minimum absolute atomic E-state index is 0.106. The van der Waals surface area contributed by atoms with Crippen LogP contribution >= 0.6 is 22.7 Å². The first-order chi connectivity index (χ1) is 11.8. The van der Waals surface area contributed by atoms with Crippen molar-refractivity contribution in [2.45, 2.75) is 39.9 Å². The van der Waals surface area contributed by atoms with E-state index in [0.29, 0.717) is 24.1 Å². The molecule has 0 bridgehead atoms. The summed E-state index contributed by atoms with van der Waals surface area (Å²) in [6, 6.07) is 0. The van der Waals surface area contributed by atoms with Crippen LogP contribution < -0.4 is 10.6 Å². The summed E-state index contributed by atoms with van der Waals surface area (Å²) in [5.41, 5.74) is 0.172. The first-order valence-corrected chi connectivity index (χ1v) is 9.46. The molecule has 0 saturated heterocycles. The Morgan fingerprint density at radius 1 is 1.24 bits per heavy atom. The average molecular weight is 391 g/mol. The van der Waals surface area contributed by atoms with Gasteiger partial charge in [-0.1, -0.05) is 0 Å². The molecular formula is C15H20F3N5S2. The molecule has 2 rings (SSSR count). The van der Waals surface area contributed by atoms with Gasteiger partial charge in [0.2, 0.25) is 0 Å². The molecule has 2 aromatic heterocycles. The number of guanidine groups is 1. The maximum Gasteiger partial charge on any atom is 0.434 e. The van der Waals surface area contributed by atoms with Crippen LogP contribution in [0.3, 0.4) is 0 Å². The first-order valence-electron chi connectivity index (χ1n) is 7.76. The van der Waals surface area contributed by atoms with Crippen molar-refractivity contribution in [2.75, 3.05) is 13.1 Å². The van der Waals surface area contributed by atoms with Crippen molar-refractivity contribution in [3.63, 3.8) is 0 Å². The predicted octanol–water partition coefficient (Wildman–Crippen LogP) is 3.53. The summed E-state index contributed by atoms with van der Waals surface area (Å²) in [5, 5.41) is 8.65. The Bertz CT molecular complexity index is 721. The highest BCUT2D eigenvalue weighted by Crippen LogP contribution is 2.30. The van der Waals surface area contributed by atoms with Gasteiger partial charge in [-0.15, -0.1) is 22.7 Å². The Labute approximate surface area is 152 Å². The molecule has 0 unspecified atom stereocenters. The molecule has 10 heteroatoms. The molecule has 0 atom stereocenters. The van der Waals surface area contributed by atoms with Crippen LogP contribution in [-0.4, -0.2) is 29.0 Å². The second kappa shape index (κ2) is 8.61. The molecule has 2 aromatic rings. The summed E-state index contributed by atoms with van der Waals surface area (Å²) in [6.07, 6.45) is -3.59. The monoisotopic (exact) mass is 391 g/mol. The van der Waals surface area contributed by atoms with E-state index in [0.717, 1.165) is 33.8 Å². The molecule has 0 aliphatic heterocycles. The van der Waals surface area contributed by atoms with Gasteiger partial charge in [0.05, 0.1) is 17.2 Å². The fourth-order valence-electron chi connectivity index (χ4n) is 2.10. The van der Waals surface area contributed by atoms with Crippen molar-refractivity contribution in [3.05, 3.63) is 31.7 Å².